The molecule has 0 radical (unpaired) electrons. The Kier molecular flexibility index (Phi) is 6.03. The van der Waals surface area contributed by atoms with E-state index in [2.05, 4.69) is 4.72 Å². The molecular weight excluding hydrogens is 250 g/mol. The first-order chi connectivity index (χ1) is 7.53. The maximum atomic E-state index is 11.6. The van der Waals surface area contributed by atoms with Crippen molar-refractivity contribution in [2.24, 2.45) is 0 Å². The molecule has 2 N–H and O–H groups in total. The highest BCUT2D eigenvalue weighted by molar-refractivity contribution is 7.89. The van der Waals surface area contributed by atoms with Crippen LogP contribution >= 0.6 is 11.6 Å². The summed E-state index contributed by atoms with van der Waals surface area (Å²) < 4.78 is 26.0. The minimum Gasteiger partial charge on any atom is -0.393 e. The SMILES string of the molecule is O=S(=O)(CCCCCl)NC1CCC(O)CC1. The molecule has 1 aliphatic carbocycles. The molecule has 0 heterocycles. The van der Waals surface area contributed by atoms with E-state index in [4.69, 9.17) is 11.6 Å². The van der Waals surface area contributed by atoms with E-state index >= 15 is 0 Å². The Morgan fingerprint density at radius 3 is 2.38 bits per heavy atom. The molecule has 0 aromatic carbocycles. The van der Waals surface area contributed by atoms with Gasteiger partial charge in [-0.2, -0.15) is 0 Å². The molecule has 1 fully saturated rings. The van der Waals surface area contributed by atoms with Gasteiger partial charge in [-0.1, -0.05) is 0 Å². The number of hydrogen-bond donors (Lipinski definition) is 2. The van der Waals surface area contributed by atoms with Crippen LogP contribution in [0.5, 0.6) is 0 Å². The van der Waals surface area contributed by atoms with Crippen molar-refractivity contribution in [1.82, 2.24) is 4.72 Å². The smallest absolute Gasteiger partial charge is 0.211 e. The standard InChI is InChI=1S/C10H20ClNO3S/c11-7-1-2-8-16(14,15)12-9-3-5-10(13)6-4-9/h9-10,12-13H,1-8H2. The Labute approximate surface area is 102 Å². The predicted molar refractivity (Wildman–Crippen MR) is 65.1 cm³/mol. The second-order valence-electron chi connectivity index (χ2n) is 4.34. The zero-order valence-corrected chi connectivity index (χ0v) is 10.9. The fourth-order valence-electron chi connectivity index (χ4n) is 1.89. The molecule has 96 valence electrons. The fraction of sp³-hybridized carbons (Fsp3) is 1.00. The zero-order valence-electron chi connectivity index (χ0n) is 9.36. The van der Waals surface area contributed by atoms with Gasteiger partial charge in [0.05, 0.1) is 11.9 Å². The maximum absolute atomic E-state index is 11.6. The summed E-state index contributed by atoms with van der Waals surface area (Å²) in [6, 6.07) is 0.00408. The van der Waals surface area contributed by atoms with Gasteiger partial charge in [0.2, 0.25) is 10.0 Å². The van der Waals surface area contributed by atoms with Crippen LogP contribution in [-0.4, -0.2) is 37.3 Å². The highest BCUT2D eigenvalue weighted by Gasteiger charge is 2.23. The Morgan fingerprint density at radius 1 is 1.19 bits per heavy atom. The lowest BCUT2D eigenvalue weighted by Crippen LogP contribution is -2.39. The van der Waals surface area contributed by atoms with Crippen molar-refractivity contribution in [3.63, 3.8) is 0 Å². The summed E-state index contributed by atoms with van der Waals surface area (Å²) in [7, 11) is -3.16. The number of unbranched alkanes of at least 4 members (excludes halogenated alkanes) is 1. The third-order valence-electron chi connectivity index (χ3n) is 2.84. The lowest BCUT2D eigenvalue weighted by atomic mass is 9.94. The molecule has 0 atom stereocenters. The summed E-state index contributed by atoms with van der Waals surface area (Å²) in [6.45, 7) is 0. The molecule has 1 aliphatic rings. The lowest BCUT2D eigenvalue weighted by molar-refractivity contribution is 0.120. The highest BCUT2D eigenvalue weighted by atomic mass is 35.5. The van der Waals surface area contributed by atoms with Crippen molar-refractivity contribution >= 4 is 21.6 Å². The van der Waals surface area contributed by atoms with Crippen molar-refractivity contribution in [1.29, 1.82) is 0 Å². The van der Waals surface area contributed by atoms with Crippen molar-refractivity contribution in [2.75, 3.05) is 11.6 Å². The summed E-state index contributed by atoms with van der Waals surface area (Å²) in [6.07, 6.45) is 3.92. The molecule has 0 saturated heterocycles. The number of aliphatic hydroxyl groups is 1. The number of nitrogens with one attached hydrogen (secondary N) is 1. The fourth-order valence-corrected chi connectivity index (χ4v) is 3.53. The third-order valence-corrected chi connectivity index (χ3v) is 4.63. The molecule has 1 rings (SSSR count). The van der Waals surface area contributed by atoms with Crippen LogP contribution in [0.25, 0.3) is 0 Å². The summed E-state index contributed by atoms with van der Waals surface area (Å²) in [5, 5.41) is 9.31. The number of alkyl halides is 1. The summed E-state index contributed by atoms with van der Waals surface area (Å²) in [4.78, 5) is 0. The van der Waals surface area contributed by atoms with E-state index in [9.17, 15) is 13.5 Å². The number of hydrogen-bond acceptors (Lipinski definition) is 3. The lowest BCUT2D eigenvalue weighted by Gasteiger charge is -2.25. The van der Waals surface area contributed by atoms with Crippen molar-refractivity contribution in [3.05, 3.63) is 0 Å². The first-order valence-electron chi connectivity index (χ1n) is 5.77. The van der Waals surface area contributed by atoms with Gasteiger partial charge in [0.25, 0.3) is 0 Å². The van der Waals surface area contributed by atoms with Gasteiger partial charge in [-0.15, -0.1) is 11.6 Å². The van der Waals surface area contributed by atoms with E-state index in [1.54, 1.807) is 0 Å². The van der Waals surface area contributed by atoms with E-state index in [-0.39, 0.29) is 17.9 Å². The van der Waals surface area contributed by atoms with E-state index in [1.807, 2.05) is 0 Å². The molecule has 0 aliphatic heterocycles. The number of rotatable bonds is 6. The maximum Gasteiger partial charge on any atom is 0.211 e. The molecular formula is C10H20ClNO3S. The minimum atomic E-state index is -3.16. The van der Waals surface area contributed by atoms with E-state index in [1.165, 1.54) is 0 Å². The molecule has 6 heteroatoms. The van der Waals surface area contributed by atoms with Crippen molar-refractivity contribution < 1.29 is 13.5 Å². The molecule has 0 unspecified atom stereocenters. The molecule has 0 amide bonds. The molecule has 4 nitrogen and oxygen atoms in total. The third kappa shape index (κ3) is 5.48. The van der Waals surface area contributed by atoms with Crippen LogP contribution in [0.4, 0.5) is 0 Å². The number of sulfonamides is 1. The molecule has 0 aromatic heterocycles. The summed E-state index contributed by atoms with van der Waals surface area (Å²) in [5.74, 6) is 0.657. The van der Waals surface area contributed by atoms with Crippen LogP contribution in [0.15, 0.2) is 0 Å². The average Bonchev–Trinajstić information content (AvgIpc) is 2.21. The van der Waals surface area contributed by atoms with Gasteiger partial charge in [-0.3, -0.25) is 0 Å². The van der Waals surface area contributed by atoms with Crippen LogP contribution in [0.1, 0.15) is 38.5 Å². The molecule has 1 saturated carbocycles. The van der Waals surface area contributed by atoms with Gasteiger partial charge >= 0.3 is 0 Å². The first kappa shape index (κ1) is 14.2. The topological polar surface area (TPSA) is 66.4 Å². The zero-order chi connectivity index (χ0) is 12.0. The van der Waals surface area contributed by atoms with E-state index in [0.717, 1.165) is 19.3 Å². The second kappa shape index (κ2) is 6.79. The minimum absolute atomic E-state index is 0.00408. The molecule has 0 bridgehead atoms. The van der Waals surface area contributed by atoms with Gasteiger partial charge in [-0.25, -0.2) is 13.1 Å². The van der Waals surface area contributed by atoms with Gasteiger partial charge < -0.3 is 5.11 Å². The Morgan fingerprint density at radius 2 is 1.81 bits per heavy atom. The van der Waals surface area contributed by atoms with Gasteiger partial charge in [0.1, 0.15) is 0 Å². The number of halogens is 1. The quantitative estimate of drug-likeness (QED) is 0.563. The van der Waals surface area contributed by atoms with E-state index < -0.39 is 10.0 Å². The first-order valence-corrected chi connectivity index (χ1v) is 7.96. The summed E-state index contributed by atoms with van der Waals surface area (Å²) in [5.41, 5.74) is 0. The molecule has 0 spiro atoms. The Balaban J connectivity index is 2.29. The van der Waals surface area contributed by atoms with E-state index in [0.29, 0.717) is 25.1 Å². The second-order valence-corrected chi connectivity index (χ2v) is 6.59. The van der Waals surface area contributed by atoms with Crippen LogP contribution in [0.3, 0.4) is 0 Å². The normalized spacial score (nSPS) is 26.9. The van der Waals surface area contributed by atoms with Gasteiger partial charge in [0.15, 0.2) is 0 Å². The van der Waals surface area contributed by atoms with Gasteiger partial charge in [0, 0.05) is 11.9 Å². The van der Waals surface area contributed by atoms with Gasteiger partial charge in [-0.05, 0) is 38.5 Å². The van der Waals surface area contributed by atoms with Crippen LogP contribution in [0, 0.1) is 0 Å². The number of aliphatic hydroxyl groups excluding tert-OH is 1. The van der Waals surface area contributed by atoms with Crippen LogP contribution in [-0.2, 0) is 10.0 Å². The predicted octanol–water partition coefficient (Wildman–Crippen LogP) is 1.23. The summed E-state index contributed by atoms with van der Waals surface area (Å²) >= 11 is 5.50. The molecule has 0 aromatic rings. The Hall–Kier alpha value is 0.160. The Bertz CT molecular complexity index is 286. The largest absolute Gasteiger partial charge is 0.393 e. The van der Waals surface area contributed by atoms with Crippen LogP contribution < -0.4 is 4.72 Å². The molecule has 16 heavy (non-hydrogen) atoms. The monoisotopic (exact) mass is 269 g/mol. The van der Waals surface area contributed by atoms with Crippen molar-refractivity contribution in [3.8, 4) is 0 Å². The average molecular weight is 270 g/mol. The highest BCUT2D eigenvalue weighted by Crippen LogP contribution is 2.19. The van der Waals surface area contributed by atoms with Crippen molar-refractivity contribution in [2.45, 2.75) is 50.7 Å². The van der Waals surface area contributed by atoms with Crippen LogP contribution in [0.2, 0.25) is 0 Å².